The molecule has 0 radical (unpaired) electrons. The Morgan fingerprint density at radius 2 is 1.70 bits per heavy atom. The predicted octanol–water partition coefficient (Wildman–Crippen LogP) is 1.73. The van der Waals surface area contributed by atoms with Crippen molar-refractivity contribution in [3.05, 3.63) is 30.0 Å². The second-order valence-electron chi connectivity index (χ2n) is 5.90. The topological polar surface area (TPSA) is 97.8 Å². The Hall–Kier alpha value is -3.07. The molecule has 1 heterocycles. The van der Waals surface area contributed by atoms with Gasteiger partial charge in [-0.1, -0.05) is 0 Å². The van der Waals surface area contributed by atoms with Gasteiger partial charge in [0.25, 0.3) is 5.91 Å². The lowest BCUT2D eigenvalue weighted by molar-refractivity contribution is 0.102. The third kappa shape index (κ3) is 5.45. The Kier molecular flexibility index (Phi) is 7.18. The maximum atomic E-state index is 12.4. The minimum Gasteiger partial charge on any atom is -0.493 e. The van der Waals surface area contributed by atoms with Crippen molar-refractivity contribution in [1.29, 1.82) is 0 Å². The average Bonchev–Trinajstić information content (AvgIpc) is 2.67. The van der Waals surface area contributed by atoms with E-state index in [4.69, 9.17) is 14.2 Å². The minimum atomic E-state index is -0.392. The fourth-order valence-corrected chi connectivity index (χ4v) is 2.30. The largest absolute Gasteiger partial charge is 0.493 e. The molecule has 9 nitrogen and oxygen atoms in total. The Balaban J connectivity index is 2.08. The number of amides is 1. The van der Waals surface area contributed by atoms with Gasteiger partial charge in [0.2, 0.25) is 5.75 Å². The summed E-state index contributed by atoms with van der Waals surface area (Å²) in [5.74, 6) is 1.56. The highest BCUT2D eigenvalue weighted by atomic mass is 16.5. The van der Waals surface area contributed by atoms with Gasteiger partial charge in [0.15, 0.2) is 17.2 Å². The lowest BCUT2D eigenvalue weighted by Crippen LogP contribution is -2.21. The van der Waals surface area contributed by atoms with E-state index in [-0.39, 0.29) is 5.69 Å². The summed E-state index contributed by atoms with van der Waals surface area (Å²) in [6.07, 6.45) is 0. The molecule has 0 aliphatic carbocycles. The minimum absolute atomic E-state index is 0.196. The van der Waals surface area contributed by atoms with Gasteiger partial charge >= 0.3 is 0 Å². The molecule has 146 valence electrons. The lowest BCUT2D eigenvalue weighted by Gasteiger charge is -2.14. The first-order valence-electron chi connectivity index (χ1n) is 8.32. The van der Waals surface area contributed by atoms with Gasteiger partial charge < -0.3 is 29.7 Å². The van der Waals surface area contributed by atoms with E-state index in [9.17, 15) is 4.79 Å². The first kappa shape index (κ1) is 20.2. The van der Waals surface area contributed by atoms with E-state index >= 15 is 0 Å². The standard InChI is InChI=1S/C18H25N5O4/c1-23(2)9-8-19-16-7-6-13(21-22-16)18(24)20-12-10-14(25-3)17(27-5)15(11-12)26-4/h6-7,10-11H,8-9H2,1-5H3,(H,19,22)(H,20,24). The molecular formula is C18H25N5O4. The van der Waals surface area contributed by atoms with Crippen molar-refractivity contribution in [1.82, 2.24) is 15.1 Å². The molecule has 0 aliphatic rings. The van der Waals surface area contributed by atoms with Crippen molar-refractivity contribution in [2.75, 3.05) is 59.1 Å². The van der Waals surface area contributed by atoms with E-state index in [0.29, 0.717) is 28.8 Å². The second-order valence-corrected chi connectivity index (χ2v) is 5.90. The van der Waals surface area contributed by atoms with E-state index in [1.807, 2.05) is 14.1 Å². The molecule has 0 atom stereocenters. The number of methoxy groups -OCH3 is 3. The highest BCUT2D eigenvalue weighted by Crippen LogP contribution is 2.39. The molecule has 0 aliphatic heterocycles. The van der Waals surface area contributed by atoms with Crippen LogP contribution in [0.1, 0.15) is 10.5 Å². The van der Waals surface area contributed by atoms with Crippen molar-refractivity contribution in [2.24, 2.45) is 0 Å². The van der Waals surface area contributed by atoms with Crippen LogP contribution in [-0.2, 0) is 0 Å². The number of hydrogen-bond donors (Lipinski definition) is 2. The van der Waals surface area contributed by atoms with Crippen LogP contribution < -0.4 is 24.8 Å². The molecule has 27 heavy (non-hydrogen) atoms. The van der Waals surface area contributed by atoms with Gasteiger partial charge in [0.05, 0.1) is 21.3 Å². The van der Waals surface area contributed by atoms with Crippen LogP contribution in [0, 0.1) is 0 Å². The van der Waals surface area contributed by atoms with Gasteiger partial charge in [0.1, 0.15) is 5.82 Å². The van der Waals surface area contributed by atoms with E-state index in [0.717, 1.165) is 13.1 Å². The van der Waals surface area contributed by atoms with E-state index in [1.54, 1.807) is 24.3 Å². The number of aromatic nitrogens is 2. The Labute approximate surface area is 158 Å². The maximum absolute atomic E-state index is 12.4. The number of hydrogen-bond acceptors (Lipinski definition) is 8. The fourth-order valence-electron chi connectivity index (χ4n) is 2.30. The zero-order valence-corrected chi connectivity index (χ0v) is 16.2. The zero-order valence-electron chi connectivity index (χ0n) is 16.2. The van der Waals surface area contributed by atoms with Crippen molar-refractivity contribution in [2.45, 2.75) is 0 Å². The summed E-state index contributed by atoms with van der Waals surface area (Å²) in [7, 11) is 8.52. The van der Waals surface area contributed by atoms with Crippen LogP contribution in [0.3, 0.4) is 0 Å². The second kappa shape index (κ2) is 9.58. The molecule has 1 aromatic carbocycles. The molecule has 0 unspecified atom stereocenters. The highest BCUT2D eigenvalue weighted by Gasteiger charge is 2.16. The summed E-state index contributed by atoms with van der Waals surface area (Å²) >= 11 is 0. The number of carbonyl (C=O) groups is 1. The number of benzene rings is 1. The molecule has 0 saturated carbocycles. The molecule has 2 N–H and O–H groups in total. The van der Waals surface area contributed by atoms with Crippen LogP contribution in [-0.4, -0.2) is 69.5 Å². The van der Waals surface area contributed by atoms with Gasteiger partial charge in [-0.25, -0.2) is 0 Å². The number of likely N-dealkylation sites (N-methyl/N-ethyl adjacent to an activating group) is 1. The molecule has 0 bridgehead atoms. The van der Waals surface area contributed by atoms with Gasteiger partial charge in [-0.3, -0.25) is 4.79 Å². The molecule has 2 aromatic rings. The molecule has 0 saturated heterocycles. The van der Waals surface area contributed by atoms with Crippen LogP contribution in [0.4, 0.5) is 11.5 Å². The highest BCUT2D eigenvalue weighted by molar-refractivity contribution is 6.03. The van der Waals surface area contributed by atoms with Gasteiger partial charge in [0, 0.05) is 30.9 Å². The summed E-state index contributed by atoms with van der Waals surface area (Å²) < 4.78 is 15.8. The number of nitrogens with zero attached hydrogens (tertiary/aromatic N) is 3. The van der Waals surface area contributed by atoms with Crippen LogP contribution in [0.2, 0.25) is 0 Å². The molecule has 0 spiro atoms. The maximum Gasteiger partial charge on any atom is 0.276 e. The molecule has 1 aromatic heterocycles. The third-order valence-corrected chi connectivity index (χ3v) is 3.68. The molecule has 0 fully saturated rings. The number of anilines is 2. The van der Waals surface area contributed by atoms with Crippen molar-refractivity contribution >= 4 is 17.4 Å². The van der Waals surface area contributed by atoms with Gasteiger partial charge in [-0.15, -0.1) is 10.2 Å². The van der Waals surface area contributed by atoms with Gasteiger partial charge in [-0.05, 0) is 26.2 Å². The SMILES string of the molecule is COc1cc(NC(=O)c2ccc(NCCN(C)C)nn2)cc(OC)c1OC. The predicted molar refractivity (Wildman–Crippen MR) is 103 cm³/mol. The smallest absolute Gasteiger partial charge is 0.276 e. The zero-order chi connectivity index (χ0) is 19.8. The molecule has 2 rings (SSSR count). The monoisotopic (exact) mass is 375 g/mol. The first-order chi connectivity index (χ1) is 13.0. The fraction of sp³-hybridized carbons (Fsp3) is 0.389. The molecular weight excluding hydrogens is 350 g/mol. The Bertz CT molecular complexity index is 740. The number of ether oxygens (including phenoxy) is 3. The van der Waals surface area contributed by atoms with E-state index < -0.39 is 5.91 Å². The molecule has 1 amide bonds. The van der Waals surface area contributed by atoms with Gasteiger partial charge in [-0.2, -0.15) is 0 Å². The van der Waals surface area contributed by atoms with E-state index in [1.165, 1.54) is 21.3 Å². The quantitative estimate of drug-likeness (QED) is 0.684. The number of nitrogens with one attached hydrogen (secondary N) is 2. The number of rotatable bonds is 9. The first-order valence-corrected chi connectivity index (χ1v) is 8.32. The summed E-state index contributed by atoms with van der Waals surface area (Å²) in [5, 5.41) is 13.9. The van der Waals surface area contributed by atoms with Crippen LogP contribution in [0.25, 0.3) is 0 Å². The van der Waals surface area contributed by atoms with Crippen molar-refractivity contribution in [3.63, 3.8) is 0 Å². The molecule has 9 heteroatoms. The van der Waals surface area contributed by atoms with Crippen molar-refractivity contribution in [3.8, 4) is 17.2 Å². The Morgan fingerprint density at radius 1 is 1.04 bits per heavy atom. The number of carbonyl (C=O) groups excluding carboxylic acids is 1. The normalized spacial score (nSPS) is 10.4. The van der Waals surface area contributed by atoms with Crippen LogP contribution in [0.15, 0.2) is 24.3 Å². The average molecular weight is 375 g/mol. The summed E-state index contributed by atoms with van der Waals surface area (Å²) in [6.45, 7) is 1.60. The Morgan fingerprint density at radius 3 is 2.19 bits per heavy atom. The summed E-state index contributed by atoms with van der Waals surface area (Å²) in [4.78, 5) is 14.5. The van der Waals surface area contributed by atoms with Crippen LogP contribution in [0.5, 0.6) is 17.2 Å². The third-order valence-electron chi connectivity index (χ3n) is 3.68. The summed E-state index contributed by atoms with van der Waals surface area (Å²) in [6, 6.07) is 6.61. The van der Waals surface area contributed by atoms with Crippen molar-refractivity contribution < 1.29 is 19.0 Å². The summed E-state index contributed by atoms with van der Waals surface area (Å²) in [5.41, 5.74) is 0.686. The van der Waals surface area contributed by atoms with Crippen LogP contribution >= 0.6 is 0 Å². The lowest BCUT2D eigenvalue weighted by atomic mass is 10.2. The van der Waals surface area contributed by atoms with E-state index in [2.05, 4.69) is 25.7 Å².